The number of rotatable bonds is 3. The molecular weight excluding hydrogens is 250 g/mol. The van der Waals surface area contributed by atoms with Gasteiger partial charge in [-0.1, -0.05) is 35.0 Å². The summed E-state index contributed by atoms with van der Waals surface area (Å²) in [4.78, 5) is 2.04. The van der Waals surface area contributed by atoms with Crippen molar-refractivity contribution in [1.82, 2.24) is 0 Å². The molecule has 0 spiro atoms. The summed E-state index contributed by atoms with van der Waals surface area (Å²) in [5, 5.41) is 12.0. The van der Waals surface area contributed by atoms with Crippen LogP contribution in [0.25, 0.3) is 0 Å². The molecule has 0 fully saturated rings. The topological polar surface area (TPSA) is 61.8 Å². The van der Waals surface area contributed by atoms with Crippen LogP contribution in [0.3, 0.4) is 0 Å². The van der Waals surface area contributed by atoms with Crippen LogP contribution >= 0.6 is 0 Å². The molecule has 0 radical (unpaired) electrons. The van der Waals surface area contributed by atoms with Crippen LogP contribution in [0, 0.1) is 13.8 Å². The summed E-state index contributed by atoms with van der Waals surface area (Å²) < 4.78 is 0. The first kappa shape index (κ1) is 13.9. The molecule has 4 nitrogen and oxygen atoms in total. The number of amidine groups is 1. The second-order valence-electron chi connectivity index (χ2n) is 4.85. The van der Waals surface area contributed by atoms with Crippen LogP contribution in [-0.2, 0) is 0 Å². The van der Waals surface area contributed by atoms with Crippen molar-refractivity contribution in [3.63, 3.8) is 0 Å². The minimum absolute atomic E-state index is 0.109. The molecule has 2 rings (SSSR count). The molecule has 104 valence electrons. The Hall–Kier alpha value is -2.49. The maximum atomic E-state index is 8.90. The Morgan fingerprint density at radius 3 is 2.45 bits per heavy atom. The molecule has 0 bridgehead atoms. The SMILES string of the molecule is Cc1ccc(N(C)c2ccccc2C(N)=NO)c(C)c1. The van der Waals surface area contributed by atoms with E-state index in [1.54, 1.807) is 0 Å². The van der Waals surface area contributed by atoms with E-state index >= 15 is 0 Å². The predicted octanol–water partition coefficient (Wildman–Crippen LogP) is 3.17. The van der Waals surface area contributed by atoms with Crippen LogP contribution < -0.4 is 10.6 Å². The average Bonchev–Trinajstić information content (AvgIpc) is 2.46. The second kappa shape index (κ2) is 5.65. The number of aryl methyl sites for hydroxylation is 2. The highest BCUT2D eigenvalue weighted by atomic mass is 16.4. The van der Waals surface area contributed by atoms with Gasteiger partial charge >= 0.3 is 0 Å². The number of hydrogen-bond donors (Lipinski definition) is 2. The van der Waals surface area contributed by atoms with Gasteiger partial charge in [-0.05, 0) is 37.6 Å². The van der Waals surface area contributed by atoms with Gasteiger partial charge < -0.3 is 15.8 Å². The molecule has 0 aromatic heterocycles. The number of nitrogens with zero attached hydrogens (tertiary/aromatic N) is 2. The van der Waals surface area contributed by atoms with Gasteiger partial charge in [0.05, 0.1) is 5.69 Å². The number of oxime groups is 1. The number of nitrogens with two attached hydrogens (primary N) is 1. The Labute approximate surface area is 119 Å². The van der Waals surface area contributed by atoms with Gasteiger partial charge in [-0.3, -0.25) is 0 Å². The first-order valence-corrected chi connectivity index (χ1v) is 6.42. The van der Waals surface area contributed by atoms with Gasteiger partial charge in [-0.25, -0.2) is 0 Å². The van der Waals surface area contributed by atoms with Gasteiger partial charge in [0.1, 0.15) is 0 Å². The lowest BCUT2D eigenvalue weighted by Gasteiger charge is -2.24. The molecule has 0 aliphatic rings. The van der Waals surface area contributed by atoms with Crippen molar-refractivity contribution in [3.8, 4) is 0 Å². The van der Waals surface area contributed by atoms with E-state index in [0.717, 1.165) is 11.4 Å². The van der Waals surface area contributed by atoms with E-state index in [2.05, 4.69) is 37.2 Å². The van der Waals surface area contributed by atoms with Crippen molar-refractivity contribution in [2.75, 3.05) is 11.9 Å². The van der Waals surface area contributed by atoms with E-state index in [4.69, 9.17) is 10.9 Å². The predicted molar refractivity (Wildman–Crippen MR) is 82.9 cm³/mol. The monoisotopic (exact) mass is 269 g/mol. The molecule has 0 aliphatic carbocycles. The maximum Gasteiger partial charge on any atom is 0.172 e. The first-order chi connectivity index (χ1) is 9.54. The molecule has 0 atom stereocenters. The Kier molecular flexibility index (Phi) is 3.94. The molecule has 0 saturated heterocycles. The summed E-state index contributed by atoms with van der Waals surface area (Å²) in [6, 6.07) is 13.9. The maximum absolute atomic E-state index is 8.90. The van der Waals surface area contributed by atoms with Gasteiger partial charge in [0.2, 0.25) is 0 Å². The molecule has 0 aliphatic heterocycles. The number of anilines is 2. The van der Waals surface area contributed by atoms with E-state index in [-0.39, 0.29) is 5.84 Å². The molecule has 0 heterocycles. The van der Waals surface area contributed by atoms with Gasteiger partial charge in [-0.2, -0.15) is 0 Å². The van der Waals surface area contributed by atoms with E-state index in [9.17, 15) is 0 Å². The van der Waals surface area contributed by atoms with E-state index < -0.39 is 0 Å². The second-order valence-corrected chi connectivity index (χ2v) is 4.85. The molecule has 0 amide bonds. The Balaban J connectivity index is 2.51. The van der Waals surface area contributed by atoms with Crippen molar-refractivity contribution < 1.29 is 5.21 Å². The van der Waals surface area contributed by atoms with Crippen molar-refractivity contribution in [2.45, 2.75) is 13.8 Å². The molecule has 2 aromatic rings. The molecule has 0 unspecified atom stereocenters. The third-order valence-electron chi connectivity index (χ3n) is 3.36. The summed E-state index contributed by atoms with van der Waals surface area (Å²) in [5.41, 5.74) is 10.9. The fourth-order valence-electron chi connectivity index (χ4n) is 2.35. The quantitative estimate of drug-likeness (QED) is 0.389. The van der Waals surface area contributed by atoms with Gasteiger partial charge in [0, 0.05) is 18.3 Å². The van der Waals surface area contributed by atoms with Crippen molar-refractivity contribution in [2.24, 2.45) is 10.9 Å². The Morgan fingerprint density at radius 1 is 1.10 bits per heavy atom. The molecule has 20 heavy (non-hydrogen) atoms. The lowest BCUT2D eigenvalue weighted by molar-refractivity contribution is 0.318. The normalized spacial score (nSPS) is 11.4. The van der Waals surface area contributed by atoms with Gasteiger partial charge in [-0.15, -0.1) is 0 Å². The number of hydrogen-bond acceptors (Lipinski definition) is 3. The zero-order valence-electron chi connectivity index (χ0n) is 12.0. The van der Waals surface area contributed by atoms with Gasteiger partial charge in [0.15, 0.2) is 5.84 Å². The standard InChI is InChI=1S/C16H19N3O/c1-11-8-9-14(12(2)10-11)19(3)15-7-5-4-6-13(15)16(17)18-20/h4-10,20H,1-3H3,(H2,17,18). The summed E-state index contributed by atoms with van der Waals surface area (Å²) in [7, 11) is 1.97. The van der Waals surface area contributed by atoms with E-state index in [0.29, 0.717) is 5.56 Å². The smallest absolute Gasteiger partial charge is 0.172 e. The largest absolute Gasteiger partial charge is 0.409 e. The van der Waals surface area contributed by atoms with Crippen molar-refractivity contribution in [1.29, 1.82) is 0 Å². The minimum atomic E-state index is 0.109. The molecule has 3 N–H and O–H groups in total. The lowest BCUT2D eigenvalue weighted by Crippen LogP contribution is -2.19. The fraction of sp³-hybridized carbons (Fsp3) is 0.188. The summed E-state index contributed by atoms with van der Waals surface area (Å²) in [5.74, 6) is 0.109. The highest BCUT2D eigenvalue weighted by Crippen LogP contribution is 2.29. The third-order valence-corrected chi connectivity index (χ3v) is 3.36. The van der Waals surface area contributed by atoms with Crippen LogP contribution in [0.4, 0.5) is 11.4 Å². The Bertz CT molecular complexity index is 650. The summed E-state index contributed by atoms with van der Waals surface area (Å²) >= 11 is 0. The average molecular weight is 269 g/mol. The molecule has 0 saturated carbocycles. The zero-order chi connectivity index (χ0) is 14.7. The van der Waals surface area contributed by atoms with Crippen molar-refractivity contribution in [3.05, 3.63) is 59.2 Å². The van der Waals surface area contributed by atoms with E-state index in [1.807, 2.05) is 36.2 Å². The highest BCUT2D eigenvalue weighted by Gasteiger charge is 2.13. The van der Waals surface area contributed by atoms with Crippen LogP contribution in [-0.4, -0.2) is 18.1 Å². The first-order valence-electron chi connectivity index (χ1n) is 6.42. The zero-order valence-corrected chi connectivity index (χ0v) is 12.0. The molecule has 4 heteroatoms. The van der Waals surface area contributed by atoms with Crippen LogP contribution in [0.1, 0.15) is 16.7 Å². The Morgan fingerprint density at radius 2 is 1.80 bits per heavy atom. The minimum Gasteiger partial charge on any atom is -0.409 e. The molecular formula is C16H19N3O. The van der Waals surface area contributed by atoms with E-state index in [1.165, 1.54) is 11.1 Å². The number of para-hydroxylation sites is 1. The number of benzene rings is 2. The van der Waals surface area contributed by atoms with Crippen LogP contribution in [0.5, 0.6) is 0 Å². The van der Waals surface area contributed by atoms with Crippen molar-refractivity contribution >= 4 is 17.2 Å². The van der Waals surface area contributed by atoms with Crippen LogP contribution in [0.15, 0.2) is 47.6 Å². The fourth-order valence-corrected chi connectivity index (χ4v) is 2.35. The highest BCUT2D eigenvalue weighted by molar-refractivity contribution is 6.02. The van der Waals surface area contributed by atoms with Crippen LogP contribution in [0.2, 0.25) is 0 Å². The van der Waals surface area contributed by atoms with Gasteiger partial charge in [0.25, 0.3) is 0 Å². The summed E-state index contributed by atoms with van der Waals surface area (Å²) in [6.45, 7) is 4.14. The molecule has 2 aromatic carbocycles. The third kappa shape index (κ3) is 2.59. The summed E-state index contributed by atoms with van der Waals surface area (Å²) in [6.07, 6.45) is 0. The lowest BCUT2D eigenvalue weighted by atomic mass is 10.1.